The van der Waals surface area contributed by atoms with E-state index < -0.39 is 0 Å². The molecule has 3 rings (SSSR count). The van der Waals surface area contributed by atoms with Crippen molar-refractivity contribution in [3.63, 3.8) is 0 Å². The summed E-state index contributed by atoms with van der Waals surface area (Å²) in [4.78, 5) is 19.1. The predicted molar refractivity (Wildman–Crippen MR) is 94.0 cm³/mol. The molecule has 4 heteroatoms. The summed E-state index contributed by atoms with van der Waals surface area (Å²) >= 11 is 0. The van der Waals surface area contributed by atoms with Gasteiger partial charge in [0.05, 0.1) is 11.9 Å². The summed E-state index contributed by atoms with van der Waals surface area (Å²) in [6, 6.07) is 12.0. The first-order valence-corrected chi connectivity index (χ1v) is 8.01. The number of hydrogen-bond donors (Lipinski definition) is 1. The molecule has 0 bridgehead atoms. The molecule has 1 amide bonds. The maximum atomic E-state index is 12.9. The summed E-state index contributed by atoms with van der Waals surface area (Å²) in [7, 11) is 0. The summed E-state index contributed by atoms with van der Waals surface area (Å²) in [5.74, 6) is -0.0373. The van der Waals surface area contributed by atoms with E-state index in [0.717, 1.165) is 17.8 Å². The lowest BCUT2D eigenvalue weighted by Gasteiger charge is -2.23. The van der Waals surface area contributed by atoms with E-state index in [2.05, 4.69) is 44.1 Å². The number of carbonyl (C=O) groups is 1. The standard InChI is InChI=1S/C19H23N3O/c1-13-11-14-7-5-6-8-17(14)22(13)18(23)16-10-9-15(12-20-16)21-19(2,3)4/h5-10,12-13,21H,11H2,1-4H3. The molecule has 0 fully saturated rings. The highest BCUT2D eigenvalue weighted by atomic mass is 16.2. The Hall–Kier alpha value is -2.36. The summed E-state index contributed by atoms with van der Waals surface area (Å²) in [6.07, 6.45) is 2.62. The SMILES string of the molecule is CC1Cc2ccccc2N1C(=O)c1ccc(NC(C)(C)C)cn1. The zero-order valence-electron chi connectivity index (χ0n) is 14.1. The average molecular weight is 309 g/mol. The third-order valence-electron chi connectivity index (χ3n) is 3.93. The van der Waals surface area contributed by atoms with Crippen molar-refractivity contribution in [2.75, 3.05) is 10.2 Å². The van der Waals surface area contributed by atoms with Crippen LogP contribution in [0.4, 0.5) is 11.4 Å². The smallest absolute Gasteiger partial charge is 0.277 e. The molecule has 1 atom stereocenters. The third kappa shape index (κ3) is 3.21. The van der Waals surface area contributed by atoms with Gasteiger partial charge < -0.3 is 10.2 Å². The second-order valence-electron chi connectivity index (χ2n) is 7.16. The number of para-hydroxylation sites is 1. The maximum absolute atomic E-state index is 12.9. The Labute approximate surface area is 137 Å². The van der Waals surface area contributed by atoms with Gasteiger partial charge in [0.15, 0.2) is 0 Å². The number of hydrogen-bond acceptors (Lipinski definition) is 3. The molecule has 120 valence electrons. The van der Waals surface area contributed by atoms with Gasteiger partial charge in [-0.15, -0.1) is 0 Å². The van der Waals surface area contributed by atoms with Crippen LogP contribution in [0.5, 0.6) is 0 Å². The van der Waals surface area contributed by atoms with Gasteiger partial charge in [-0.05, 0) is 57.9 Å². The Bertz CT molecular complexity index is 716. The van der Waals surface area contributed by atoms with Gasteiger partial charge in [0.2, 0.25) is 0 Å². The van der Waals surface area contributed by atoms with E-state index in [1.165, 1.54) is 5.56 Å². The average Bonchev–Trinajstić information content (AvgIpc) is 2.81. The Morgan fingerprint density at radius 1 is 1.22 bits per heavy atom. The van der Waals surface area contributed by atoms with Gasteiger partial charge in [0, 0.05) is 17.3 Å². The number of fused-ring (bicyclic) bond motifs is 1. The van der Waals surface area contributed by atoms with Crippen LogP contribution in [0, 0.1) is 0 Å². The molecule has 0 spiro atoms. The van der Waals surface area contributed by atoms with Crippen LogP contribution in [0.3, 0.4) is 0 Å². The van der Waals surface area contributed by atoms with E-state index in [9.17, 15) is 4.79 Å². The number of anilines is 2. The fraction of sp³-hybridized carbons (Fsp3) is 0.368. The van der Waals surface area contributed by atoms with Crippen LogP contribution in [0.25, 0.3) is 0 Å². The lowest BCUT2D eigenvalue weighted by atomic mass is 10.1. The van der Waals surface area contributed by atoms with Gasteiger partial charge in [-0.3, -0.25) is 4.79 Å². The van der Waals surface area contributed by atoms with Crippen molar-refractivity contribution < 1.29 is 4.79 Å². The molecule has 2 heterocycles. The third-order valence-corrected chi connectivity index (χ3v) is 3.93. The largest absolute Gasteiger partial charge is 0.379 e. The number of pyridine rings is 1. The van der Waals surface area contributed by atoms with Crippen LogP contribution in [-0.4, -0.2) is 22.5 Å². The number of carbonyl (C=O) groups excluding carboxylic acids is 1. The van der Waals surface area contributed by atoms with Crippen molar-refractivity contribution in [3.8, 4) is 0 Å². The first kappa shape index (κ1) is 15.5. The zero-order valence-corrected chi connectivity index (χ0v) is 14.1. The molecule has 0 aliphatic carbocycles. The van der Waals surface area contributed by atoms with Gasteiger partial charge in [0.25, 0.3) is 5.91 Å². The molecule has 1 aromatic carbocycles. The lowest BCUT2D eigenvalue weighted by Crippen LogP contribution is -2.36. The van der Waals surface area contributed by atoms with Crippen molar-refractivity contribution >= 4 is 17.3 Å². The van der Waals surface area contributed by atoms with E-state index >= 15 is 0 Å². The van der Waals surface area contributed by atoms with Crippen molar-refractivity contribution in [3.05, 3.63) is 53.9 Å². The molecule has 23 heavy (non-hydrogen) atoms. The summed E-state index contributed by atoms with van der Waals surface area (Å²) in [5.41, 5.74) is 3.59. The molecule has 1 unspecified atom stereocenters. The van der Waals surface area contributed by atoms with Crippen molar-refractivity contribution in [1.82, 2.24) is 4.98 Å². The monoisotopic (exact) mass is 309 g/mol. The van der Waals surface area contributed by atoms with Crippen LogP contribution < -0.4 is 10.2 Å². The first-order chi connectivity index (χ1) is 10.8. The predicted octanol–water partition coefficient (Wildman–Crippen LogP) is 3.88. The number of benzene rings is 1. The molecule has 0 saturated carbocycles. The number of nitrogens with one attached hydrogen (secondary N) is 1. The van der Waals surface area contributed by atoms with Gasteiger partial charge >= 0.3 is 0 Å². The van der Waals surface area contributed by atoms with Crippen LogP contribution >= 0.6 is 0 Å². The summed E-state index contributed by atoms with van der Waals surface area (Å²) in [6.45, 7) is 8.35. The molecule has 2 aromatic rings. The second-order valence-corrected chi connectivity index (χ2v) is 7.16. The van der Waals surface area contributed by atoms with E-state index in [1.54, 1.807) is 12.3 Å². The minimum Gasteiger partial charge on any atom is -0.379 e. The second kappa shape index (κ2) is 5.69. The minimum absolute atomic E-state index is 0.0321. The van der Waals surface area contributed by atoms with E-state index in [1.807, 2.05) is 29.2 Å². The van der Waals surface area contributed by atoms with Gasteiger partial charge in [0.1, 0.15) is 5.69 Å². The van der Waals surface area contributed by atoms with Crippen molar-refractivity contribution in [2.45, 2.75) is 45.7 Å². The topological polar surface area (TPSA) is 45.2 Å². The number of aromatic nitrogens is 1. The number of rotatable bonds is 2. The summed E-state index contributed by atoms with van der Waals surface area (Å²) < 4.78 is 0. The fourth-order valence-electron chi connectivity index (χ4n) is 3.03. The Balaban J connectivity index is 1.84. The van der Waals surface area contributed by atoms with Gasteiger partial charge in [-0.2, -0.15) is 0 Å². The van der Waals surface area contributed by atoms with Crippen LogP contribution in [0.1, 0.15) is 43.7 Å². The Morgan fingerprint density at radius 2 is 1.96 bits per heavy atom. The number of amides is 1. The number of nitrogens with zero attached hydrogens (tertiary/aromatic N) is 2. The van der Waals surface area contributed by atoms with E-state index in [0.29, 0.717) is 5.69 Å². The molecule has 0 radical (unpaired) electrons. The molecular formula is C19H23N3O. The summed E-state index contributed by atoms with van der Waals surface area (Å²) in [5, 5.41) is 3.35. The minimum atomic E-state index is -0.0373. The van der Waals surface area contributed by atoms with Crippen LogP contribution in [-0.2, 0) is 6.42 Å². The molecule has 1 aromatic heterocycles. The normalized spacial score (nSPS) is 17.0. The molecule has 4 nitrogen and oxygen atoms in total. The van der Waals surface area contributed by atoms with Gasteiger partial charge in [-0.25, -0.2) is 4.98 Å². The van der Waals surface area contributed by atoms with E-state index in [4.69, 9.17) is 0 Å². The molecule has 1 aliphatic heterocycles. The van der Waals surface area contributed by atoms with Crippen molar-refractivity contribution in [2.24, 2.45) is 0 Å². The molecule has 0 saturated heterocycles. The van der Waals surface area contributed by atoms with Crippen molar-refractivity contribution in [1.29, 1.82) is 0 Å². The van der Waals surface area contributed by atoms with Crippen LogP contribution in [0.2, 0.25) is 0 Å². The molecule has 1 aliphatic rings. The quantitative estimate of drug-likeness (QED) is 0.915. The van der Waals surface area contributed by atoms with E-state index in [-0.39, 0.29) is 17.5 Å². The lowest BCUT2D eigenvalue weighted by molar-refractivity contribution is 0.0976. The molecular weight excluding hydrogens is 286 g/mol. The highest BCUT2D eigenvalue weighted by Gasteiger charge is 2.31. The Kier molecular flexibility index (Phi) is 3.84. The highest BCUT2D eigenvalue weighted by molar-refractivity contribution is 6.06. The van der Waals surface area contributed by atoms with Gasteiger partial charge in [-0.1, -0.05) is 18.2 Å². The fourth-order valence-corrected chi connectivity index (χ4v) is 3.03. The first-order valence-electron chi connectivity index (χ1n) is 8.01. The Morgan fingerprint density at radius 3 is 2.61 bits per heavy atom. The highest BCUT2D eigenvalue weighted by Crippen LogP contribution is 2.32. The van der Waals surface area contributed by atoms with Crippen LogP contribution in [0.15, 0.2) is 42.6 Å². The zero-order chi connectivity index (χ0) is 16.6. The maximum Gasteiger partial charge on any atom is 0.277 e. The molecule has 1 N–H and O–H groups in total.